The maximum Gasteiger partial charge on any atom is 0.356 e. The zero-order chi connectivity index (χ0) is 14.4. The second-order valence-corrected chi connectivity index (χ2v) is 4.83. The van der Waals surface area contributed by atoms with Crippen LogP contribution in [0.1, 0.15) is 30.8 Å². The zero-order valence-corrected chi connectivity index (χ0v) is 11.2. The number of amides is 1. The van der Waals surface area contributed by atoms with Crippen LogP contribution in [0.15, 0.2) is 12.5 Å². The number of carbonyl (C=O) groups excluding carboxylic acids is 1. The van der Waals surface area contributed by atoms with Gasteiger partial charge in [0.15, 0.2) is 5.69 Å². The molecular weight excluding hydrogens is 248 g/mol. The van der Waals surface area contributed by atoms with Crippen LogP contribution in [-0.2, 0) is 11.3 Å². The van der Waals surface area contributed by atoms with Gasteiger partial charge in [-0.25, -0.2) is 9.78 Å². The van der Waals surface area contributed by atoms with Crippen molar-refractivity contribution in [1.29, 1.82) is 0 Å². The number of carboxylic acids is 1. The number of hydrogen-bond donors (Lipinski definition) is 3. The van der Waals surface area contributed by atoms with Crippen molar-refractivity contribution in [3.8, 4) is 0 Å². The van der Waals surface area contributed by atoms with Crippen LogP contribution in [-0.4, -0.2) is 39.1 Å². The first-order valence-corrected chi connectivity index (χ1v) is 6.18. The maximum atomic E-state index is 11.6. The molecule has 0 spiro atoms. The lowest BCUT2D eigenvalue weighted by Crippen LogP contribution is -2.42. The Morgan fingerprint density at radius 2 is 2.21 bits per heavy atom. The number of hydrogen-bond acceptors (Lipinski definition) is 4. The summed E-state index contributed by atoms with van der Waals surface area (Å²) in [7, 11) is 0. The number of imidazole rings is 1. The number of nitrogens with one attached hydrogen (secondary N) is 1. The van der Waals surface area contributed by atoms with Gasteiger partial charge >= 0.3 is 5.97 Å². The molecule has 1 aromatic rings. The van der Waals surface area contributed by atoms with E-state index in [0.29, 0.717) is 25.4 Å². The number of rotatable bonds is 7. The Kier molecular flexibility index (Phi) is 5.50. The minimum atomic E-state index is -1.07. The molecule has 1 heterocycles. The van der Waals surface area contributed by atoms with Crippen LogP contribution in [0.2, 0.25) is 0 Å². The van der Waals surface area contributed by atoms with E-state index in [0.717, 1.165) is 0 Å². The lowest BCUT2D eigenvalue weighted by atomic mass is 10.0. The molecule has 0 radical (unpaired) electrons. The van der Waals surface area contributed by atoms with E-state index in [9.17, 15) is 9.59 Å². The molecular formula is C12H20N4O3. The van der Waals surface area contributed by atoms with Gasteiger partial charge in [-0.2, -0.15) is 0 Å². The van der Waals surface area contributed by atoms with Crippen LogP contribution >= 0.6 is 0 Å². The zero-order valence-electron chi connectivity index (χ0n) is 11.2. The third kappa shape index (κ3) is 5.09. The summed E-state index contributed by atoms with van der Waals surface area (Å²) in [6.45, 7) is 4.86. The molecule has 19 heavy (non-hydrogen) atoms. The number of nitrogens with zero attached hydrogens (tertiary/aromatic N) is 2. The molecule has 0 aliphatic heterocycles. The van der Waals surface area contributed by atoms with Crippen molar-refractivity contribution in [1.82, 2.24) is 14.9 Å². The molecule has 0 saturated heterocycles. The van der Waals surface area contributed by atoms with Gasteiger partial charge < -0.3 is 20.7 Å². The quantitative estimate of drug-likeness (QED) is 0.648. The molecule has 0 aliphatic rings. The molecule has 1 rings (SSSR count). The molecule has 0 aliphatic carbocycles. The summed E-state index contributed by atoms with van der Waals surface area (Å²) in [6.07, 6.45) is 3.48. The molecule has 0 fully saturated rings. The fourth-order valence-electron chi connectivity index (χ4n) is 1.65. The second kappa shape index (κ2) is 6.89. The first-order chi connectivity index (χ1) is 8.90. The van der Waals surface area contributed by atoms with Gasteiger partial charge in [0, 0.05) is 19.3 Å². The van der Waals surface area contributed by atoms with Crippen LogP contribution in [0, 0.1) is 5.92 Å². The van der Waals surface area contributed by atoms with Crippen LogP contribution in [0.25, 0.3) is 0 Å². The van der Waals surface area contributed by atoms with E-state index in [-0.39, 0.29) is 11.6 Å². The van der Waals surface area contributed by atoms with Crippen molar-refractivity contribution in [3.05, 3.63) is 18.2 Å². The third-order valence-corrected chi connectivity index (χ3v) is 2.58. The molecule has 0 bridgehead atoms. The number of carboxylic acid groups (broad SMARTS) is 1. The molecule has 0 saturated carbocycles. The smallest absolute Gasteiger partial charge is 0.356 e. The van der Waals surface area contributed by atoms with Crippen molar-refractivity contribution in [2.45, 2.75) is 32.9 Å². The normalized spacial score (nSPS) is 12.4. The molecule has 7 heteroatoms. The Morgan fingerprint density at radius 1 is 1.53 bits per heavy atom. The summed E-state index contributed by atoms with van der Waals surface area (Å²) in [5.74, 6) is -0.887. The van der Waals surface area contributed by atoms with Gasteiger partial charge in [-0.3, -0.25) is 4.79 Å². The van der Waals surface area contributed by atoms with Gasteiger partial charge in [-0.15, -0.1) is 0 Å². The van der Waals surface area contributed by atoms with Crippen molar-refractivity contribution < 1.29 is 14.7 Å². The van der Waals surface area contributed by atoms with Crippen molar-refractivity contribution in [3.63, 3.8) is 0 Å². The number of aromatic nitrogens is 2. The fourth-order valence-corrected chi connectivity index (χ4v) is 1.65. The van der Waals surface area contributed by atoms with Gasteiger partial charge in [0.05, 0.1) is 12.4 Å². The first-order valence-electron chi connectivity index (χ1n) is 6.18. The Bertz CT molecular complexity index is 442. The van der Waals surface area contributed by atoms with E-state index in [2.05, 4.69) is 10.3 Å². The molecule has 0 aromatic carbocycles. The van der Waals surface area contributed by atoms with Gasteiger partial charge in [-0.1, -0.05) is 13.8 Å². The van der Waals surface area contributed by atoms with E-state index in [4.69, 9.17) is 10.8 Å². The Labute approximate surface area is 111 Å². The predicted octanol–water partition coefficient (Wildman–Crippen LogP) is 0.0709. The maximum absolute atomic E-state index is 11.6. The van der Waals surface area contributed by atoms with Gasteiger partial charge in [0.1, 0.15) is 0 Å². The van der Waals surface area contributed by atoms with E-state index >= 15 is 0 Å². The predicted molar refractivity (Wildman–Crippen MR) is 69.6 cm³/mol. The van der Waals surface area contributed by atoms with Gasteiger partial charge in [-0.05, 0) is 12.3 Å². The highest BCUT2D eigenvalue weighted by atomic mass is 16.4. The summed E-state index contributed by atoms with van der Waals surface area (Å²) in [5, 5.41) is 11.4. The van der Waals surface area contributed by atoms with E-state index < -0.39 is 12.0 Å². The second-order valence-electron chi connectivity index (χ2n) is 4.83. The number of aromatic carboxylic acids is 1. The molecule has 1 atom stereocenters. The van der Waals surface area contributed by atoms with Crippen LogP contribution in [0.5, 0.6) is 0 Å². The SMILES string of the molecule is CC(C)CC(N)C(=O)NCCn1cnc(C(=O)O)c1. The molecule has 1 amide bonds. The van der Waals surface area contributed by atoms with Crippen LogP contribution in [0.3, 0.4) is 0 Å². The summed E-state index contributed by atoms with van der Waals surface area (Å²) >= 11 is 0. The Balaban J connectivity index is 2.33. The topological polar surface area (TPSA) is 110 Å². The van der Waals surface area contributed by atoms with Crippen molar-refractivity contribution >= 4 is 11.9 Å². The average molecular weight is 268 g/mol. The van der Waals surface area contributed by atoms with Gasteiger partial charge in [0.25, 0.3) is 0 Å². The molecule has 4 N–H and O–H groups in total. The molecule has 1 aromatic heterocycles. The van der Waals surface area contributed by atoms with Crippen molar-refractivity contribution in [2.75, 3.05) is 6.54 Å². The lowest BCUT2D eigenvalue weighted by molar-refractivity contribution is -0.122. The third-order valence-electron chi connectivity index (χ3n) is 2.58. The minimum Gasteiger partial charge on any atom is -0.476 e. The summed E-state index contributed by atoms with van der Waals surface area (Å²) in [5.41, 5.74) is 5.72. The number of carbonyl (C=O) groups is 2. The number of nitrogens with two attached hydrogens (primary N) is 1. The highest BCUT2D eigenvalue weighted by molar-refractivity contribution is 5.84. The highest BCUT2D eigenvalue weighted by Crippen LogP contribution is 2.02. The molecule has 7 nitrogen and oxygen atoms in total. The van der Waals surface area contributed by atoms with Crippen molar-refractivity contribution in [2.24, 2.45) is 11.7 Å². The standard InChI is InChI=1S/C12H20N4O3/c1-8(2)5-9(13)11(17)14-3-4-16-6-10(12(18)19)15-7-16/h6-9H,3-5,13H2,1-2H3,(H,14,17)(H,18,19). The van der Waals surface area contributed by atoms with Gasteiger partial charge in [0.2, 0.25) is 5.91 Å². The summed E-state index contributed by atoms with van der Waals surface area (Å²) in [6, 6.07) is -0.502. The monoisotopic (exact) mass is 268 g/mol. The van der Waals surface area contributed by atoms with E-state index in [1.165, 1.54) is 12.5 Å². The Morgan fingerprint density at radius 3 is 2.74 bits per heavy atom. The fraction of sp³-hybridized carbons (Fsp3) is 0.583. The van der Waals surface area contributed by atoms with E-state index in [1.807, 2.05) is 13.8 Å². The summed E-state index contributed by atoms with van der Waals surface area (Å²) < 4.78 is 1.61. The average Bonchev–Trinajstić information content (AvgIpc) is 2.76. The highest BCUT2D eigenvalue weighted by Gasteiger charge is 2.14. The summed E-state index contributed by atoms with van der Waals surface area (Å²) in [4.78, 5) is 26.0. The largest absolute Gasteiger partial charge is 0.476 e. The first kappa shape index (κ1) is 15.2. The molecule has 1 unspecified atom stereocenters. The molecule has 106 valence electrons. The Hall–Kier alpha value is -1.89. The van der Waals surface area contributed by atoms with Crippen LogP contribution in [0.4, 0.5) is 0 Å². The lowest BCUT2D eigenvalue weighted by Gasteiger charge is -2.14. The minimum absolute atomic E-state index is 0.0113. The van der Waals surface area contributed by atoms with Crippen LogP contribution < -0.4 is 11.1 Å². The van der Waals surface area contributed by atoms with E-state index in [1.54, 1.807) is 4.57 Å².